The predicted octanol–water partition coefficient (Wildman–Crippen LogP) is 4.04. The minimum atomic E-state index is 0.689. The maximum absolute atomic E-state index is 6.00. The van der Waals surface area contributed by atoms with E-state index in [1.165, 1.54) is 16.7 Å². The van der Waals surface area contributed by atoms with E-state index >= 15 is 0 Å². The summed E-state index contributed by atoms with van der Waals surface area (Å²) in [5, 5.41) is 1.07. The number of nitrogens with zero attached hydrogens (tertiary/aromatic N) is 1. The number of hydrogen-bond donors (Lipinski definition) is 1. The molecule has 2 aromatic carbocycles. The number of benzene rings is 2. The Labute approximate surface area is 142 Å². The first-order valence-corrected chi connectivity index (χ1v) is 7.89. The van der Waals surface area contributed by atoms with Crippen molar-refractivity contribution in [3.63, 3.8) is 0 Å². The molecule has 0 aliphatic heterocycles. The maximum atomic E-state index is 6.00. The molecule has 0 unspecified atom stereocenters. The summed E-state index contributed by atoms with van der Waals surface area (Å²) in [7, 11) is 3.28. The van der Waals surface area contributed by atoms with Crippen LogP contribution in [0.5, 0.6) is 11.5 Å². The molecule has 0 radical (unpaired) electrons. The molecule has 0 bridgehead atoms. The van der Waals surface area contributed by atoms with E-state index in [2.05, 4.69) is 31.0 Å². The van der Waals surface area contributed by atoms with Gasteiger partial charge in [0.15, 0.2) is 11.5 Å². The molecule has 0 saturated heterocycles. The molecule has 24 heavy (non-hydrogen) atoms. The van der Waals surface area contributed by atoms with Gasteiger partial charge < -0.3 is 15.2 Å². The number of nitrogen functional groups attached to an aromatic ring is 1. The molecule has 4 nitrogen and oxygen atoms in total. The van der Waals surface area contributed by atoms with E-state index in [0.29, 0.717) is 11.5 Å². The minimum Gasteiger partial charge on any atom is -0.493 e. The first kappa shape index (κ1) is 16.1. The zero-order valence-electron chi connectivity index (χ0n) is 14.5. The number of aromatic nitrogens is 1. The largest absolute Gasteiger partial charge is 0.493 e. The average Bonchev–Trinajstić information content (AvgIpc) is 2.61. The Balaban J connectivity index is 2.12. The van der Waals surface area contributed by atoms with Gasteiger partial charge >= 0.3 is 0 Å². The average molecular weight is 322 g/mol. The summed E-state index contributed by atoms with van der Waals surface area (Å²) >= 11 is 0. The number of hydrogen-bond acceptors (Lipinski definition) is 4. The molecule has 124 valence electrons. The summed E-state index contributed by atoms with van der Waals surface area (Å²) in [5.41, 5.74) is 12.6. The zero-order valence-corrected chi connectivity index (χ0v) is 14.5. The van der Waals surface area contributed by atoms with Crippen LogP contribution >= 0.6 is 0 Å². The van der Waals surface area contributed by atoms with Gasteiger partial charge in [-0.1, -0.05) is 6.07 Å². The van der Waals surface area contributed by atoms with Gasteiger partial charge in [-0.2, -0.15) is 0 Å². The summed E-state index contributed by atoms with van der Waals surface area (Å²) < 4.78 is 10.8. The van der Waals surface area contributed by atoms with E-state index < -0.39 is 0 Å². The van der Waals surface area contributed by atoms with E-state index in [4.69, 9.17) is 15.2 Å². The SMILES string of the molecule is COc1cc2nccc(Cc3ccc(N)c(C)c3C)c2cc1OC. The number of ether oxygens (including phenoxy) is 2. The number of rotatable bonds is 4. The lowest BCUT2D eigenvalue weighted by Crippen LogP contribution is -2.00. The van der Waals surface area contributed by atoms with Crippen molar-refractivity contribution in [1.29, 1.82) is 0 Å². The molecule has 0 atom stereocenters. The molecule has 0 aliphatic carbocycles. The van der Waals surface area contributed by atoms with Gasteiger partial charge in [-0.3, -0.25) is 4.98 Å². The second kappa shape index (κ2) is 6.40. The summed E-state index contributed by atoms with van der Waals surface area (Å²) in [6.07, 6.45) is 2.66. The fraction of sp³-hybridized carbons (Fsp3) is 0.250. The molecule has 0 amide bonds. The van der Waals surface area contributed by atoms with Crippen LogP contribution < -0.4 is 15.2 Å². The van der Waals surface area contributed by atoms with Gasteiger partial charge in [0.25, 0.3) is 0 Å². The Kier molecular flexibility index (Phi) is 4.30. The van der Waals surface area contributed by atoms with Crippen molar-refractivity contribution in [3.8, 4) is 11.5 Å². The molecule has 1 heterocycles. The van der Waals surface area contributed by atoms with Crippen LogP contribution in [0.4, 0.5) is 5.69 Å². The van der Waals surface area contributed by atoms with Crippen molar-refractivity contribution in [2.45, 2.75) is 20.3 Å². The zero-order chi connectivity index (χ0) is 17.3. The van der Waals surface area contributed by atoms with Crippen molar-refractivity contribution < 1.29 is 9.47 Å². The van der Waals surface area contributed by atoms with Gasteiger partial charge in [0, 0.05) is 23.3 Å². The van der Waals surface area contributed by atoms with Crippen molar-refractivity contribution >= 4 is 16.6 Å². The van der Waals surface area contributed by atoms with Crippen molar-refractivity contribution in [2.24, 2.45) is 0 Å². The third-order valence-electron chi connectivity index (χ3n) is 4.66. The van der Waals surface area contributed by atoms with Gasteiger partial charge in [-0.15, -0.1) is 0 Å². The van der Waals surface area contributed by atoms with Crippen LogP contribution in [0, 0.1) is 13.8 Å². The topological polar surface area (TPSA) is 57.4 Å². The fourth-order valence-corrected chi connectivity index (χ4v) is 2.98. The molecule has 0 spiro atoms. The minimum absolute atomic E-state index is 0.689. The van der Waals surface area contributed by atoms with Crippen LogP contribution in [-0.2, 0) is 6.42 Å². The highest BCUT2D eigenvalue weighted by Gasteiger charge is 2.12. The highest BCUT2D eigenvalue weighted by Crippen LogP contribution is 2.33. The number of nitrogens with two attached hydrogens (primary N) is 1. The Morgan fingerprint density at radius 3 is 2.33 bits per heavy atom. The van der Waals surface area contributed by atoms with Gasteiger partial charge in [0.2, 0.25) is 0 Å². The quantitative estimate of drug-likeness (QED) is 0.737. The number of pyridine rings is 1. The molecule has 0 saturated carbocycles. The summed E-state index contributed by atoms with van der Waals surface area (Å²) in [5.74, 6) is 1.40. The summed E-state index contributed by atoms with van der Waals surface area (Å²) in [6.45, 7) is 4.18. The van der Waals surface area contributed by atoms with Gasteiger partial charge in [0.05, 0.1) is 19.7 Å². The number of fused-ring (bicyclic) bond motifs is 1. The highest BCUT2D eigenvalue weighted by molar-refractivity contribution is 5.86. The maximum Gasteiger partial charge on any atom is 0.162 e. The molecule has 4 heteroatoms. The Hall–Kier alpha value is -2.75. The van der Waals surface area contributed by atoms with Gasteiger partial charge in [-0.25, -0.2) is 0 Å². The van der Waals surface area contributed by atoms with Gasteiger partial charge in [-0.05, 0) is 60.7 Å². The first-order valence-electron chi connectivity index (χ1n) is 7.89. The number of anilines is 1. The second-order valence-corrected chi connectivity index (χ2v) is 5.94. The molecule has 1 aromatic heterocycles. The van der Waals surface area contributed by atoms with E-state index in [1.807, 2.05) is 24.4 Å². The van der Waals surface area contributed by atoms with Crippen LogP contribution in [-0.4, -0.2) is 19.2 Å². The van der Waals surface area contributed by atoms with E-state index in [0.717, 1.165) is 28.6 Å². The molecule has 0 fully saturated rings. The van der Waals surface area contributed by atoms with Crippen LogP contribution in [0.25, 0.3) is 10.9 Å². The third kappa shape index (κ3) is 2.75. The van der Waals surface area contributed by atoms with Gasteiger partial charge in [0.1, 0.15) is 0 Å². The lowest BCUT2D eigenvalue weighted by molar-refractivity contribution is 0.356. The third-order valence-corrected chi connectivity index (χ3v) is 4.66. The standard InChI is InChI=1S/C20H22N2O2/c1-12-13(2)17(21)6-5-14(12)9-15-7-8-22-18-11-20(24-4)19(23-3)10-16(15)18/h5-8,10-11H,9,21H2,1-4H3. The molecule has 2 N–H and O–H groups in total. The lowest BCUT2D eigenvalue weighted by Gasteiger charge is -2.14. The Morgan fingerprint density at radius 2 is 1.62 bits per heavy atom. The first-order chi connectivity index (χ1) is 11.5. The summed E-state index contributed by atoms with van der Waals surface area (Å²) in [4.78, 5) is 4.47. The van der Waals surface area contributed by atoms with E-state index in [9.17, 15) is 0 Å². The Morgan fingerprint density at radius 1 is 0.917 bits per heavy atom. The molecular weight excluding hydrogens is 300 g/mol. The Bertz CT molecular complexity index is 904. The van der Waals surface area contributed by atoms with Crippen molar-refractivity contribution in [2.75, 3.05) is 20.0 Å². The monoisotopic (exact) mass is 322 g/mol. The van der Waals surface area contributed by atoms with Crippen LogP contribution in [0.1, 0.15) is 22.3 Å². The summed E-state index contributed by atoms with van der Waals surface area (Å²) in [6, 6.07) is 10.0. The fourth-order valence-electron chi connectivity index (χ4n) is 2.98. The normalized spacial score (nSPS) is 10.8. The molecule has 0 aliphatic rings. The van der Waals surface area contributed by atoms with E-state index in [1.54, 1.807) is 14.2 Å². The smallest absolute Gasteiger partial charge is 0.162 e. The molecule has 3 rings (SSSR count). The van der Waals surface area contributed by atoms with Crippen molar-refractivity contribution in [1.82, 2.24) is 4.98 Å². The van der Waals surface area contributed by atoms with Crippen molar-refractivity contribution in [3.05, 3.63) is 58.8 Å². The predicted molar refractivity (Wildman–Crippen MR) is 98.0 cm³/mol. The molecule has 3 aromatic rings. The van der Waals surface area contributed by atoms with Crippen LogP contribution in [0.15, 0.2) is 36.5 Å². The van der Waals surface area contributed by atoms with E-state index in [-0.39, 0.29) is 0 Å². The molecular formula is C20H22N2O2. The van der Waals surface area contributed by atoms with Crippen LogP contribution in [0.3, 0.4) is 0 Å². The second-order valence-electron chi connectivity index (χ2n) is 5.94. The number of methoxy groups -OCH3 is 2. The lowest BCUT2D eigenvalue weighted by atomic mass is 9.94. The highest BCUT2D eigenvalue weighted by atomic mass is 16.5. The van der Waals surface area contributed by atoms with Crippen LogP contribution in [0.2, 0.25) is 0 Å².